The summed E-state index contributed by atoms with van der Waals surface area (Å²) in [5, 5.41) is 6.39. The highest BCUT2D eigenvalue weighted by Crippen LogP contribution is 2.70. The molecule has 7 heteroatoms. The van der Waals surface area contributed by atoms with Gasteiger partial charge in [0.15, 0.2) is 0 Å². The second-order valence-electron chi connectivity index (χ2n) is 11.7. The Hall–Kier alpha value is -2.83. The molecule has 172 valence electrons. The lowest BCUT2D eigenvalue weighted by Gasteiger charge is -2.59. The molecule has 2 N–H and O–H groups in total. The number of benzene rings is 1. The zero-order chi connectivity index (χ0) is 23.1. The van der Waals surface area contributed by atoms with Crippen molar-refractivity contribution in [1.82, 2.24) is 10.2 Å². The molecule has 5 fully saturated rings. The Morgan fingerprint density at radius 2 is 2.00 bits per heavy atom. The van der Waals surface area contributed by atoms with Gasteiger partial charge in [-0.15, -0.1) is 0 Å². The van der Waals surface area contributed by atoms with Crippen LogP contribution in [0.2, 0.25) is 0 Å². The molecular weight excluding hydrogens is 418 g/mol. The van der Waals surface area contributed by atoms with Gasteiger partial charge in [0.25, 0.3) is 0 Å². The highest BCUT2D eigenvalue weighted by molar-refractivity contribution is 6.12. The van der Waals surface area contributed by atoms with E-state index in [1.165, 1.54) is 0 Å². The third-order valence-electron chi connectivity index (χ3n) is 10.1. The van der Waals surface area contributed by atoms with Crippen LogP contribution < -0.4 is 15.4 Å². The third-order valence-corrected chi connectivity index (χ3v) is 10.1. The molecule has 1 saturated carbocycles. The van der Waals surface area contributed by atoms with E-state index in [9.17, 15) is 14.4 Å². The molecule has 0 aromatic heterocycles. The van der Waals surface area contributed by atoms with Crippen LogP contribution in [-0.2, 0) is 26.2 Å². The molecule has 1 aromatic carbocycles. The van der Waals surface area contributed by atoms with Gasteiger partial charge in [-0.25, -0.2) is 0 Å². The summed E-state index contributed by atoms with van der Waals surface area (Å²) in [6.07, 6.45) is 3.07. The fraction of sp³-hybridized carbons (Fsp3) is 0.577. The molecule has 7 aliphatic rings. The number of rotatable bonds is 1. The van der Waals surface area contributed by atoms with Crippen molar-refractivity contribution in [3.8, 4) is 5.75 Å². The Bertz CT molecular complexity index is 1220. The summed E-state index contributed by atoms with van der Waals surface area (Å²) in [6, 6.07) is 3.96. The third kappa shape index (κ3) is 1.84. The van der Waals surface area contributed by atoms with Crippen LogP contribution in [0.4, 0.5) is 5.69 Å². The zero-order valence-electron chi connectivity index (χ0n) is 19.3. The fourth-order valence-corrected chi connectivity index (χ4v) is 8.39. The van der Waals surface area contributed by atoms with Crippen LogP contribution >= 0.6 is 0 Å². The van der Waals surface area contributed by atoms with E-state index in [4.69, 9.17) is 4.74 Å². The van der Waals surface area contributed by atoms with Crippen LogP contribution in [0.15, 0.2) is 24.3 Å². The van der Waals surface area contributed by atoms with Gasteiger partial charge in [-0.2, -0.15) is 0 Å². The Morgan fingerprint density at radius 3 is 2.76 bits per heavy atom. The van der Waals surface area contributed by atoms with E-state index in [1.807, 2.05) is 24.0 Å². The minimum atomic E-state index is -1.03. The first kappa shape index (κ1) is 19.6. The first-order valence-corrected chi connectivity index (χ1v) is 12.0. The number of carbonyl (C=O) groups is 3. The van der Waals surface area contributed by atoms with E-state index < -0.39 is 21.9 Å². The summed E-state index contributed by atoms with van der Waals surface area (Å²) in [7, 11) is 0. The van der Waals surface area contributed by atoms with Crippen molar-refractivity contribution in [1.29, 1.82) is 0 Å². The quantitative estimate of drug-likeness (QED) is 0.648. The van der Waals surface area contributed by atoms with Gasteiger partial charge in [0, 0.05) is 24.4 Å². The van der Waals surface area contributed by atoms with Gasteiger partial charge in [-0.1, -0.05) is 26.5 Å². The highest BCUT2D eigenvalue weighted by Gasteiger charge is 2.80. The van der Waals surface area contributed by atoms with Gasteiger partial charge in [-0.3, -0.25) is 14.4 Å². The van der Waals surface area contributed by atoms with Gasteiger partial charge in [-0.05, 0) is 55.2 Å². The molecule has 2 bridgehead atoms. The monoisotopic (exact) mass is 447 g/mol. The Morgan fingerprint density at radius 1 is 1.21 bits per heavy atom. The van der Waals surface area contributed by atoms with Crippen molar-refractivity contribution in [2.24, 2.45) is 11.3 Å². The summed E-state index contributed by atoms with van der Waals surface area (Å²) < 4.78 is 6.09. The second-order valence-corrected chi connectivity index (χ2v) is 11.7. The predicted molar refractivity (Wildman–Crippen MR) is 121 cm³/mol. The van der Waals surface area contributed by atoms with Crippen molar-refractivity contribution in [3.63, 3.8) is 0 Å². The first-order chi connectivity index (χ1) is 15.6. The molecule has 1 aliphatic carbocycles. The Balaban J connectivity index is 1.41. The van der Waals surface area contributed by atoms with Crippen LogP contribution in [0.5, 0.6) is 5.75 Å². The van der Waals surface area contributed by atoms with Crippen LogP contribution in [-0.4, -0.2) is 46.3 Å². The van der Waals surface area contributed by atoms with Crippen LogP contribution in [0.3, 0.4) is 0 Å². The van der Waals surface area contributed by atoms with Crippen LogP contribution in [0.25, 0.3) is 0 Å². The summed E-state index contributed by atoms with van der Waals surface area (Å²) in [6.45, 7) is 10.9. The molecule has 6 heterocycles. The number of ether oxygens (including phenoxy) is 1. The maximum absolute atomic E-state index is 13.9. The molecule has 7 nitrogen and oxygen atoms in total. The summed E-state index contributed by atoms with van der Waals surface area (Å²) in [4.78, 5) is 43.0. The van der Waals surface area contributed by atoms with Crippen molar-refractivity contribution < 1.29 is 19.1 Å². The van der Waals surface area contributed by atoms with E-state index in [2.05, 4.69) is 31.1 Å². The number of hydrogen-bond donors (Lipinski definition) is 2. The molecule has 8 rings (SSSR count). The van der Waals surface area contributed by atoms with Crippen molar-refractivity contribution in [3.05, 3.63) is 35.4 Å². The molecule has 5 unspecified atom stereocenters. The Labute approximate surface area is 192 Å². The summed E-state index contributed by atoms with van der Waals surface area (Å²) >= 11 is 0. The molecule has 3 spiro atoms. The summed E-state index contributed by atoms with van der Waals surface area (Å²) in [5.74, 6) is 0.591. The molecule has 6 aliphatic heterocycles. The van der Waals surface area contributed by atoms with Crippen molar-refractivity contribution in [2.45, 2.75) is 75.5 Å². The average Bonchev–Trinajstić information content (AvgIpc) is 3.48. The van der Waals surface area contributed by atoms with Gasteiger partial charge in [0.05, 0.1) is 11.1 Å². The molecule has 33 heavy (non-hydrogen) atoms. The van der Waals surface area contributed by atoms with E-state index in [1.54, 1.807) is 0 Å². The number of fused-ring (bicyclic) bond motifs is 5. The predicted octanol–water partition coefficient (Wildman–Crippen LogP) is 2.44. The number of piperidine rings is 2. The molecule has 5 atom stereocenters. The summed E-state index contributed by atoms with van der Waals surface area (Å²) in [5.41, 5.74) is 0.548. The normalized spacial score (nSPS) is 40.8. The number of amides is 3. The average molecular weight is 448 g/mol. The lowest BCUT2D eigenvalue weighted by atomic mass is 9.57. The number of hydrogen-bond acceptors (Lipinski definition) is 4. The van der Waals surface area contributed by atoms with E-state index in [-0.39, 0.29) is 29.7 Å². The van der Waals surface area contributed by atoms with Crippen LogP contribution in [0, 0.1) is 11.3 Å². The van der Waals surface area contributed by atoms with Crippen molar-refractivity contribution >= 4 is 23.4 Å². The lowest BCUT2D eigenvalue weighted by Crippen LogP contribution is -2.81. The van der Waals surface area contributed by atoms with Crippen molar-refractivity contribution in [2.75, 3.05) is 11.9 Å². The first-order valence-electron chi connectivity index (χ1n) is 12.0. The van der Waals surface area contributed by atoms with Crippen LogP contribution in [0.1, 0.15) is 57.6 Å². The molecule has 0 radical (unpaired) electrons. The zero-order valence-corrected chi connectivity index (χ0v) is 19.3. The van der Waals surface area contributed by atoms with E-state index >= 15 is 0 Å². The number of nitrogens with one attached hydrogen (secondary N) is 2. The lowest BCUT2D eigenvalue weighted by molar-refractivity contribution is -0.175. The maximum atomic E-state index is 13.9. The molecular formula is C26H29N3O4. The van der Waals surface area contributed by atoms with Gasteiger partial charge >= 0.3 is 0 Å². The number of carbonyl (C=O) groups excluding carboxylic acids is 3. The minimum Gasteiger partial charge on any atom is -0.485 e. The van der Waals surface area contributed by atoms with Gasteiger partial charge in [0.2, 0.25) is 17.7 Å². The fourth-order valence-electron chi connectivity index (χ4n) is 8.39. The number of anilines is 1. The van der Waals surface area contributed by atoms with E-state index in [0.29, 0.717) is 32.2 Å². The minimum absolute atomic E-state index is 0.00823. The number of piperazine rings is 1. The molecule has 4 saturated heterocycles. The topological polar surface area (TPSA) is 87.7 Å². The largest absolute Gasteiger partial charge is 0.485 e. The maximum Gasteiger partial charge on any atom is 0.249 e. The standard InChI is InChI=1S/C26H29N3O4/c1-13(2)17-10-14-16(33-17)7-6-15-19(14)27-21(31)25(15)12-26-18(23(25,3)4)11-24(20(30)28-26)8-5-9-29(24)22(26)32/h6-7,17-18H,1,5,8-12H2,2-4H3,(H,27,31)(H,28,30). The van der Waals surface area contributed by atoms with E-state index in [0.717, 1.165) is 34.6 Å². The molecule has 1 aromatic rings. The Kier molecular flexibility index (Phi) is 3.24. The number of nitrogens with zero attached hydrogens (tertiary/aromatic N) is 1. The SMILES string of the molecule is C=C(C)C1Cc2c(ccc3c2NC(=O)C32CC34NC(=O)C5(CCCN5C3=O)CC4C2(C)C)O1. The second kappa shape index (κ2) is 5.45. The smallest absolute Gasteiger partial charge is 0.249 e. The van der Waals surface area contributed by atoms with Gasteiger partial charge < -0.3 is 20.3 Å². The van der Waals surface area contributed by atoms with Gasteiger partial charge in [0.1, 0.15) is 22.9 Å². The molecule has 3 amide bonds. The highest BCUT2D eigenvalue weighted by atomic mass is 16.5.